The number of benzene rings is 2. The number of aliphatic imine (C=N–C) groups is 1. The van der Waals surface area contributed by atoms with Crippen LogP contribution in [-0.2, 0) is 0 Å². The van der Waals surface area contributed by atoms with Crippen LogP contribution in [0.25, 0.3) is 11.0 Å². The Bertz CT molecular complexity index is 958. The van der Waals surface area contributed by atoms with Crippen LogP contribution in [-0.4, -0.2) is 25.8 Å². The maximum absolute atomic E-state index is 4.69. The smallest absolute Gasteiger partial charge is 0.165 e. The van der Waals surface area contributed by atoms with Crippen molar-refractivity contribution in [1.29, 1.82) is 0 Å². The van der Waals surface area contributed by atoms with E-state index in [1.165, 1.54) is 0 Å². The molecule has 0 saturated carbocycles. The van der Waals surface area contributed by atoms with Gasteiger partial charge in [-0.15, -0.1) is 5.10 Å². The van der Waals surface area contributed by atoms with E-state index in [1.807, 2.05) is 72.8 Å². The first-order valence-electron chi connectivity index (χ1n) is 7.28. The van der Waals surface area contributed by atoms with Gasteiger partial charge < -0.3 is 0 Å². The molecule has 0 aliphatic heterocycles. The molecular formula is C18H13N5. The third-order valence-electron chi connectivity index (χ3n) is 3.45. The van der Waals surface area contributed by atoms with Crippen molar-refractivity contribution < 1.29 is 0 Å². The Kier molecular flexibility index (Phi) is 3.37. The molecule has 5 nitrogen and oxygen atoms in total. The van der Waals surface area contributed by atoms with Crippen LogP contribution in [0.3, 0.4) is 0 Å². The van der Waals surface area contributed by atoms with Gasteiger partial charge in [0.05, 0.1) is 5.52 Å². The summed E-state index contributed by atoms with van der Waals surface area (Å²) >= 11 is 0. The Morgan fingerprint density at radius 2 is 1.61 bits per heavy atom. The summed E-state index contributed by atoms with van der Waals surface area (Å²) in [5, 5.41) is 8.49. The van der Waals surface area contributed by atoms with Crippen LogP contribution in [0, 0.1) is 0 Å². The molecule has 0 aliphatic rings. The fourth-order valence-corrected chi connectivity index (χ4v) is 2.38. The number of hydrogen-bond donors (Lipinski definition) is 0. The second kappa shape index (κ2) is 5.81. The third kappa shape index (κ3) is 2.60. The van der Waals surface area contributed by atoms with Crippen LogP contribution >= 0.6 is 0 Å². The van der Waals surface area contributed by atoms with Crippen molar-refractivity contribution in [1.82, 2.24) is 20.0 Å². The molecule has 23 heavy (non-hydrogen) atoms. The molecule has 0 N–H and O–H groups in total. The predicted molar refractivity (Wildman–Crippen MR) is 89.8 cm³/mol. The highest BCUT2D eigenvalue weighted by atomic mass is 15.4. The highest BCUT2D eigenvalue weighted by Gasteiger charge is 2.12. The molecule has 0 aliphatic carbocycles. The lowest BCUT2D eigenvalue weighted by molar-refractivity contribution is 0.861. The van der Waals surface area contributed by atoms with Crippen molar-refractivity contribution in [3.63, 3.8) is 0 Å². The van der Waals surface area contributed by atoms with Crippen molar-refractivity contribution >= 4 is 22.7 Å². The van der Waals surface area contributed by atoms with Crippen molar-refractivity contribution in [3.05, 3.63) is 84.6 Å². The highest BCUT2D eigenvalue weighted by molar-refractivity contribution is 6.04. The number of pyridine rings is 1. The van der Waals surface area contributed by atoms with Gasteiger partial charge in [0.25, 0.3) is 0 Å². The van der Waals surface area contributed by atoms with E-state index in [2.05, 4.69) is 20.3 Å². The Labute approximate surface area is 133 Å². The van der Waals surface area contributed by atoms with Crippen molar-refractivity contribution in [2.45, 2.75) is 0 Å². The molecular weight excluding hydrogens is 286 g/mol. The summed E-state index contributed by atoms with van der Waals surface area (Å²) in [5.74, 6) is 1.32. The monoisotopic (exact) mass is 299 g/mol. The lowest BCUT2D eigenvalue weighted by Gasteiger charge is -2.07. The number of aromatic nitrogens is 4. The summed E-state index contributed by atoms with van der Waals surface area (Å²) in [6.45, 7) is 0. The Morgan fingerprint density at radius 3 is 2.43 bits per heavy atom. The fraction of sp³-hybridized carbons (Fsp3) is 0. The molecule has 0 atom stereocenters. The molecule has 2 heterocycles. The van der Waals surface area contributed by atoms with E-state index in [0.29, 0.717) is 11.7 Å². The van der Waals surface area contributed by atoms with Crippen LogP contribution in [0.4, 0.5) is 5.82 Å². The number of nitrogens with zero attached hydrogens (tertiary/aromatic N) is 5. The van der Waals surface area contributed by atoms with Gasteiger partial charge in [-0.25, -0.2) is 9.98 Å². The topological polar surface area (TPSA) is 56.0 Å². The Hall–Kier alpha value is -3.34. The lowest BCUT2D eigenvalue weighted by Crippen LogP contribution is -2.15. The molecule has 2 aromatic heterocycles. The zero-order valence-electron chi connectivity index (χ0n) is 12.2. The fourth-order valence-electron chi connectivity index (χ4n) is 2.38. The van der Waals surface area contributed by atoms with E-state index in [0.717, 1.165) is 16.6 Å². The molecule has 0 radical (unpaired) electrons. The molecule has 0 saturated heterocycles. The zero-order chi connectivity index (χ0) is 15.5. The average molecular weight is 299 g/mol. The maximum Gasteiger partial charge on any atom is 0.165 e. The lowest BCUT2D eigenvalue weighted by atomic mass is 10.2. The van der Waals surface area contributed by atoms with E-state index >= 15 is 0 Å². The van der Waals surface area contributed by atoms with Gasteiger partial charge in [-0.3, -0.25) is 0 Å². The molecule has 4 rings (SSSR count). The van der Waals surface area contributed by atoms with Gasteiger partial charge >= 0.3 is 0 Å². The summed E-state index contributed by atoms with van der Waals surface area (Å²) in [4.78, 5) is 8.97. The highest BCUT2D eigenvalue weighted by Crippen LogP contribution is 2.16. The SMILES string of the molecule is c1ccc(/C(=N\c2ccccn2)n2nnc3ccccc32)cc1. The van der Waals surface area contributed by atoms with Gasteiger partial charge in [-0.2, -0.15) is 4.68 Å². The average Bonchev–Trinajstić information content (AvgIpc) is 3.05. The molecule has 110 valence electrons. The second-order valence-electron chi connectivity index (χ2n) is 4.98. The first kappa shape index (κ1) is 13.3. The summed E-state index contributed by atoms with van der Waals surface area (Å²) in [6, 6.07) is 23.4. The van der Waals surface area contributed by atoms with E-state index < -0.39 is 0 Å². The third-order valence-corrected chi connectivity index (χ3v) is 3.45. The standard InChI is InChI=1S/C18H13N5/c1-2-8-14(9-3-1)18(20-17-12-6-7-13-19-17)23-16-11-5-4-10-15(16)21-22-23/h1-13H/b20-18+. The summed E-state index contributed by atoms with van der Waals surface area (Å²) in [7, 11) is 0. The van der Waals surface area contributed by atoms with Gasteiger partial charge in [0.15, 0.2) is 11.7 Å². The minimum absolute atomic E-state index is 0.630. The quantitative estimate of drug-likeness (QED) is 0.421. The molecule has 2 aromatic carbocycles. The Morgan fingerprint density at radius 1 is 0.826 bits per heavy atom. The van der Waals surface area contributed by atoms with Gasteiger partial charge in [0.2, 0.25) is 0 Å². The van der Waals surface area contributed by atoms with Gasteiger partial charge in [0.1, 0.15) is 5.52 Å². The van der Waals surface area contributed by atoms with Crippen molar-refractivity contribution in [2.24, 2.45) is 4.99 Å². The molecule has 5 heteroatoms. The summed E-state index contributed by atoms with van der Waals surface area (Å²) in [5.41, 5.74) is 2.69. The zero-order valence-corrected chi connectivity index (χ0v) is 12.2. The first-order valence-corrected chi connectivity index (χ1v) is 7.28. The number of rotatable bonds is 2. The summed E-state index contributed by atoms with van der Waals surface area (Å²) in [6.07, 6.45) is 1.72. The van der Waals surface area contributed by atoms with Crippen LogP contribution in [0.1, 0.15) is 5.56 Å². The van der Waals surface area contributed by atoms with Gasteiger partial charge in [-0.05, 0) is 24.3 Å². The number of fused-ring (bicyclic) bond motifs is 1. The molecule has 0 unspecified atom stereocenters. The Balaban J connectivity index is 1.94. The van der Waals surface area contributed by atoms with Gasteiger partial charge in [0, 0.05) is 11.8 Å². The molecule has 0 spiro atoms. The first-order chi connectivity index (χ1) is 11.4. The number of hydrogen-bond acceptors (Lipinski definition) is 4. The van der Waals surface area contributed by atoms with E-state index in [4.69, 9.17) is 0 Å². The molecule has 0 amide bonds. The van der Waals surface area contributed by atoms with Gasteiger partial charge in [-0.1, -0.05) is 53.7 Å². The number of para-hydroxylation sites is 1. The molecule has 4 aromatic rings. The van der Waals surface area contributed by atoms with Crippen molar-refractivity contribution in [2.75, 3.05) is 0 Å². The van der Waals surface area contributed by atoms with E-state index in [1.54, 1.807) is 10.9 Å². The minimum atomic E-state index is 0.630. The summed E-state index contributed by atoms with van der Waals surface area (Å²) < 4.78 is 1.75. The normalized spacial score (nSPS) is 11.7. The van der Waals surface area contributed by atoms with Crippen LogP contribution < -0.4 is 0 Å². The van der Waals surface area contributed by atoms with Crippen molar-refractivity contribution in [3.8, 4) is 0 Å². The maximum atomic E-state index is 4.69. The van der Waals surface area contributed by atoms with Crippen LogP contribution in [0.15, 0.2) is 84.0 Å². The van der Waals surface area contributed by atoms with Crippen LogP contribution in [0.5, 0.6) is 0 Å². The van der Waals surface area contributed by atoms with E-state index in [9.17, 15) is 0 Å². The largest absolute Gasteiger partial charge is 0.237 e. The minimum Gasteiger partial charge on any atom is -0.237 e. The van der Waals surface area contributed by atoms with Crippen LogP contribution in [0.2, 0.25) is 0 Å². The second-order valence-corrected chi connectivity index (χ2v) is 4.98. The predicted octanol–water partition coefficient (Wildman–Crippen LogP) is 3.45. The molecule has 0 bridgehead atoms. The van der Waals surface area contributed by atoms with E-state index in [-0.39, 0.29) is 0 Å². The molecule has 0 fully saturated rings.